The molecule has 0 saturated carbocycles. The molecule has 1 aromatic carbocycles. The van der Waals surface area contributed by atoms with Crippen molar-refractivity contribution in [3.63, 3.8) is 0 Å². The molecule has 0 radical (unpaired) electrons. The molecule has 0 bridgehead atoms. The lowest BCUT2D eigenvalue weighted by Crippen LogP contribution is -1.90. The number of hydrogen-bond donors (Lipinski definition) is 0. The molecule has 4 heteroatoms. The third kappa shape index (κ3) is 5.58. The molecule has 0 aliphatic heterocycles. The zero-order valence-electron chi connectivity index (χ0n) is 16.5. The SMILES string of the molecule is CCCCCCCCCCCCc1c2cc(Br)sc2c(C)c2cc(Br)sc12. The monoisotopic (exact) mass is 528 g/mol. The maximum atomic E-state index is 3.71. The van der Waals surface area contributed by atoms with Gasteiger partial charge in [0.15, 0.2) is 0 Å². The normalized spacial score (nSPS) is 11.9. The van der Waals surface area contributed by atoms with Crippen LogP contribution < -0.4 is 0 Å². The standard InChI is InChI=1S/C23H30Br2S2/c1-3-4-5-6-7-8-9-10-11-12-13-17-19-15-21(25)26-22(19)16(2)18-14-20(24)27-23(17)18/h14-15H,3-13H2,1-2H3. The highest BCUT2D eigenvalue weighted by Gasteiger charge is 2.16. The van der Waals surface area contributed by atoms with Gasteiger partial charge >= 0.3 is 0 Å². The molecule has 0 nitrogen and oxygen atoms in total. The first-order valence-corrected chi connectivity index (χ1v) is 13.6. The second-order valence-corrected chi connectivity index (χ2v) is 12.5. The van der Waals surface area contributed by atoms with Crippen molar-refractivity contribution < 1.29 is 0 Å². The van der Waals surface area contributed by atoms with Crippen LogP contribution in [-0.2, 0) is 6.42 Å². The van der Waals surface area contributed by atoms with Crippen molar-refractivity contribution in [1.82, 2.24) is 0 Å². The summed E-state index contributed by atoms with van der Waals surface area (Å²) in [6, 6.07) is 4.65. The van der Waals surface area contributed by atoms with E-state index < -0.39 is 0 Å². The first-order valence-electron chi connectivity index (χ1n) is 10.4. The van der Waals surface area contributed by atoms with Gasteiger partial charge in [0.2, 0.25) is 0 Å². The van der Waals surface area contributed by atoms with Gasteiger partial charge in [-0.05, 0) is 85.7 Å². The minimum absolute atomic E-state index is 1.21. The molecule has 0 amide bonds. The van der Waals surface area contributed by atoms with Gasteiger partial charge in [-0.25, -0.2) is 0 Å². The van der Waals surface area contributed by atoms with Crippen molar-refractivity contribution in [3.05, 3.63) is 30.8 Å². The largest absolute Gasteiger partial charge is 0.128 e. The number of benzene rings is 1. The Kier molecular flexibility index (Phi) is 8.68. The molecule has 27 heavy (non-hydrogen) atoms. The van der Waals surface area contributed by atoms with E-state index >= 15 is 0 Å². The molecular weight excluding hydrogens is 500 g/mol. The van der Waals surface area contributed by atoms with E-state index in [-0.39, 0.29) is 0 Å². The Morgan fingerprint density at radius 1 is 0.704 bits per heavy atom. The molecule has 2 heterocycles. The predicted octanol–water partition coefficient (Wildman–Crippen LogP) is 10.4. The summed E-state index contributed by atoms with van der Waals surface area (Å²) in [7, 11) is 0. The van der Waals surface area contributed by atoms with E-state index in [4.69, 9.17) is 0 Å². The van der Waals surface area contributed by atoms with Crippen LogP contribution in [0.4, 0.5) is 0 Å². The molecule has 0 saturated heterocycles. The highest BCUT2D eigenvalue weighted by atomic mass is 79.9. The van der Waals surface area contributed by atoms with Crippen molar-refractivity contribution in [2.45, 2.75) is 84.5 Å². The van der Waals surface area contributed by atoms with E-state index in [0.29, 0.717) is 0 Å². The van der Waals surface area contributed by atoms with Crippen LogP contribution in [-0.4, -0.2) is 0 Å². The molecule has 0 aliphatic rings. The highest BCUT2D eigenvalue weighted by Crippen LogP contribution is 2.44. The Labute approximate surface area is 189 Å². The third-order valence-corrected chi connectivity index (χ3v) is 8.98. The van der Waals surface area contributed by atoms with Gasteiger partial charge in [-0.2, -0.15) is 0 Å². The first-order chi connectivity index (χ1) is 13.1. The number of aryl methyl sites for hydroxylation is 2. The summed E-state index contributed by atoms with van der Waals surface area (Å²) in [6.45, 7) is 4.57. The summed E-state index contributed by atoms with van der Waals surface area (Å²) in [5.74, 6) is 0. The van der Waals surface area contributed by atoms with Gasteiger partial charge in [-0.1, -0.05) is 64.7 Å². The van der Waals surface area contributed by atoms with Crippen molar-refractivity contribution in [2.75, 3.05) is 0 Å². The quantitative estimate of drug-likeness (QED) is 0.216. The molecule has 0 atom stereocenters. The minimum Gasteiger partial charge on any atom is -0.128 e. The Balaban J connectivity index is 1.57. The highest BCUT2D eigenvalue weighted by molar-refractivity contribution is 9.11. The van der Waals surface area contributed by atoms with E-state index in [1.807, 2.05) is 22.7 Å². The van der Waals surface area contributed by atoms with E-state index in [0.717, 1.165) is 0 Å². The molecule has 148 valence electrons. The van der Waals surface area contributed by atoms with E-state index in [1.54, 1.807) is 5.56 Å². The van der Waals surface area contributed by atoms with Gasteiger partial charge in [0.25, 0.3) is 0 Å². The summed E-state index contributed by atoms with van der Waals surface area (Å²) in [6.07, 6.45) is 15.2. The van der Waals surface area contributed by atoms with Crippen LogP contribution in [0, 0.1) is 6.92 Å². The maximum absolute atomic E-state index is 3.71. The summed E-state index contributed by atoms with van der Waals surface area (Å²) < 4.78 is 5.46. The first kappa shape index (κ1) is 21.8. The van der Waals surface area contributed by atoms with E-state index in [1.165, 1.54) is 104 Å². The molecular formula is C23H30Br2S2. The van der Waals surface area contributed by atoms with Crippen LogP contribution in [0.25, 0.3) is 20.2 Å². The fraction of sp³-hybridized carbons (Fsp3) is 0.565. The number of unbranched alkanes of at least 4 members (excludes halogenated alkanes) is 9. The maximum Gasteiger partial charge on any atom is 0.0711 e. The van der Waals surface area contributed by atoms with Crippen molar-refractivity contribution in [1.29, 1.82) is 0 Å². The summed E-state index contributed by atoms with van der Waals surface area (Å²) in [4.78, 5) is 0. The van der Waals surface area contributed by atoms with Gasteiger partial charge in [0.05, 0.1) is 7.57 Å². The fourth-order valence-electron chi connectivity index (χ4n) is 4.01. The molecule has 0 N–H and O–H groups in total. The van der Waals surface area contributed by atoms with Gasteiger partial charge < -0.3 is 0 Å². The third-order valence-electron chi connectivity index (χ3n) is 5.53. The van der Waals surface area contributed by atoms with Gasteiger partial charge in [0, 0.05) is 9.40 Å². The van der Waals surface area contributed by atoms with E-state index in [9.17, 15) is 0 Å². The van der Waals surface area contributed by atoms with Crippen LogP contribution in [0.1, 0.15) is 82.3 Å². The Morgan fingerprint density at radius 2 is 1.22 bits per heavy atom. The van der Waals surface area contributed by atoms with Crippen molar-refractivity contribution in [2.24, 2.45) is 0 Å². The molecule has 0 unspecified atom stereocenters. The predicted molar refractivity (Wildman–Crippen MR) is 133 cm³/mol. The average molecular weight is 530 g/mol. The second-order valence-electron chi connectivity index (χ2n) is 7.62. The molecule has 0 spiro atoms. The smallest absolute Gasteiger partial charge is 0.0711 e. The van der Waals surface area contributed by atoms with Gasteiger partial charge in [-0.3, -0.25) is 0 Å². The number of halogens is 2. The number of fused-ring (bicyclic) bond motifs is 2. The average Bonchev–Trinajstić information content (AvgIpc) is 3.22. The lowest BCUT2D eigenvalue weighted by atomic mass is 9.98. The number of rotatable bonds is 11. The summed E-state index contributed by atoms with van der Waals surface area (Å²) in [5, 5.41) is 2.91. The van der Waals surface area contributed by atoms with Gasteiger partial charge in [-0.15, -0.1) is 22.7 Å². The Hall–Kier alpha value is 0.1000. The van der Waals surface area contributed by atoms with Gasteiger partial charge in [0.1, 0.15) is 0 Å². The van der Waals surface area contributed by atoms with Crippen LogP contribution in [0.3, 0.4) is 0 Å². The molecule has 2 aromatic heterocycles. The Bertz CT molecular complexity index is 818. The number of hydrogen-bond acceptors (Lipinski definition) is 2. The van der Waals surface area contributed by atoms with Crippen molar-refractivity contribution in [3.8, 4) is 0 Å². The number of thiophene rings is 2. The van der Waals surface area contributed by atoms with E-state index in [2.05, 4.69) is 57.8 Å². The topological polar surface area (TPSA) is 0 Å². The Morgan fingerprint density at radius 3 is 1.85 bits per heavy atom. The fourth-order valence-corrected chi connectivity index (χ4v) is 7.39. The van der Waals surface area contributed by atoms with Crippen LogP contribution in [0.15, 0.2) is 19.7 Å². The van der Waals surface area contributed by atoms with Crippen LogP contribution >= 0.6 is 54.5 Å². The zero-order chi connectivity index (χ0) is 19.2. The molecule has 3 rings (SSSR count). The zero-order valence-corrected chi connectivity index (χ0v) is 21.3. The lowest BCUT2D eigenvalue weighted by molar-refractivity contribution is 0.557. The summed E-state index contributed by atoms with van der Waals surface area (Å²) >= 11 is 11.2. The molecule has 0 fully saturated rings. The van der Waals surface area contributed by atoms with Crippen LogP contribution in [0.2, 0.25) is 0 Å². The lowest BCUT2D eigenvalue weighted by Gasteiger charge is -2.09. The molecule has 3 aromatic rings. The second kappa shape index (κ2) is 10.8. The molecule has 0 aliphatic carbocycles. The minimum atomic E-state index is 1.21. The summed E-state index contributed by atoms with van der Waals surface area (Å²) in [5.41, 5.74) is 3.01. The van der Waals surface area contributed by atoms with Crippen molar-refractivity contribution >= 4 is 74.7 Å². The van der Waals surface area contributed by atoms with Crippen LogP contribution in [0.5, 0.6) is 0 Å².